The molecule has 1 aromatic rings. The highest BCUT2D eigenvalue weighted by atomic mass is 35.5. The summed E-state index contributed by atoms with van der Waals surface area (Å²) >= 11 is 5.99. The molecule has 0 amide bonds. The van der Waals surface area contributed by atoms with Gasteiger partial charge in [-0.1, -0.05) is 11.6 Å². The molecule has 0 aliphatic rings. The standard InChI is InChI=1S/C12H17ClN2O3/c1-9(5-6-18-2)14-8-10-3-4-11(15(16)17)7-12(10)13/h3-4,7,9,14H,5-6,8H2,1-2H3. The second-order valence-corrected chi connectivity index (χ2v) is 4.50. The largest absolute Gasteiger partial charge is 0.385 e. The van der Waals surface area contributed by atoms with E-state index in [-0.39, 0.29) is 5.69 Å². The fourth-order valence-electron chi connectivity index (χ4n) is 1.47. The van der Waals surface area contributed by atoms with Crippen LogP contribution in [0.4, 0.5) is 5.69 Å². The van der Waals surface area contributed by atoms with Gasteiger partial charge in [0, 0.05) is 38.4 Å². The van der Waals surface area contributed by atoms with Crippen molar-refractivity contribution in [1.29, 1.82) is 0 Å². The molecule has 0 aliphatic carbocycles. The Morgan fingerprint density at radius 1 is 1.56 bits per heavy atom. The molecule has 0 saturated heterocycles. The summed E-state index contributed by atoms with van der Waals surface area (Å²) in [5.41, 5.74) is 0.864. The van der Waals surface area contributed by atoms with Crippen molar-refractivity contribution >= 4 is 17.3 Å². The lowest BCUT2D eigenvalue weighted by molar-refractivity contribution is -0.384. The van der Waals surface area contributed by atoms with E-state index in [1.807, 2.05) is 0 Å². The van der Waals surface area contributed by atoms with Gasteiger partial charge in [-0.25, -0.2) is 0 Å². The molecule has 0 spiro atoms. The summed E-state index contributed by atoms with van der Waals surface area (Å²) in [5, 5.41) is 14.3. The average molecular weight is 273 g/mol. The van der Waals surface area contributed by atoms with Crippen molar-refractivity contribution in [3.8, 4) is 0 Å². The fraction of sp³-hybridized carbons (Fsp3) is 0.500. The molecule has 0 bridgehead atoms. The molecule has 1 N–H and O–H groups in total. The zero-order valence-corrected chi connectivity index (χ0v) is 11.2. The maximum Gasteiger partial charge on any atom is 0.270 e. The van der Waals surface area contributed by atoms with E-state index >= 15 is 0 Å². The minimum absolute atomic E-state index is 0.0104. The molecule has 0 radical (unpaired) electrons. The van der Waals surface area contributed by atoms with E-state index in [1.165, 1.54) is 12.1 Å². The highest BCUT2D eigenvalue weighted by Crippen LogP contribution is 2.22. The lowest BCUT2D eigenvalue weighted by Crippen LogP contribution is -2.26. The third-order valence-electron chi connectivity index (χ3n) is 2.64. The number of nitro groups is 1. The Morgan fingerprint density at radius 2 is 2.28 bits per heavy atom. The monoisotopic (exact) mass is 272 g/mol. The Kier molecular flexibility index (Phi) is 6.04. The average Bonchev–Trinajstić information content (AvgIpc) is 2.34. The minimum Gasteiger partial charge on any atom is -0.385 e. The van der Waals surface area contributed by atoms with Crippen LogP contribution in [-0.4, -0.2) is 24.7 Å². The molecule has 1 atom stereocenters. The van der Waals surface area contributed by atoms with Crippen LogP contribution in [0.1, 0.15) is 18.9 Å². The molecule has 1 aromatic carbocycles. The number of non-ortho nitro benzene ring substituents is 1. The van der Waals surface area contributed by atoms with E-state index in [9.17, 15) is 10.1 Å². The first-order valence-corrected chi connectivity index (χ1v) is 6.07. The Hall–Kier alpha value is -1.17. The van der Waals surface area contributed by atoms with Gasteiger partial charge in [0.05, 0.1) is 9.95 Å². The van der Waals surface area contributed by atoms with Crippen LogP contribution in [0.15, 0.2) is 18.2 Å². The summed E-state index contributed by atoms with van der Waals surface area (Å²) in [4.78, 5) is 10.1. The van der Waals surface area contributed by atoms with Crippen molar-refractivity contribution in [2.75, 3.05) is 13.7 Å². The van der Waals surface area contributed by atoms with Gasteiger partial charge in [-0.3, -0.25) is 10.1 Å². The number of nitrogens with zero attached hydrogens (tertiary/aromatic N) is 1. The molecule has 6 heteroatoms. The van der Waals surface area contributed by atoms with E-state index < -0.39 is 4.92 Å². The maximum atomic E-state index is 10.6. The van der Waals surface area contributed by atoms with E-state index in [0.717, 1.165) is 12.0 Å². The predicted molar refractivity (Wildman–Crippen MR) is 70.9 cm³/mol. The Morgan fingerprint density at radius 3 is 2.83 bits per heavy atom. The normalized spacial score (nSPS) is 12.4. The third kappa shape index (κ3) is 4.60. The zero-order valence-electron chi connectivity index (χ0n) is 10.5. The van der Waals surface area contributed by atoms with Gasteiger partial charge in [-0.15, -0.1) is 0 Å². The molecule has 0 aliphatic heterocycles. The van der Waals surface area contributed by atoms with Crippen LogP contribution < -0.4 is 5.32 Å². The van der Waals surface area contributed by atoms with Gasteiger partial charge in [0.15, 0.2) is 0 Å². The molecule has 0 saturated carbocycles. The van der Waals surface area contributed by atoms with Gasteiger partial charge >= 0.3 is 0 Å². The SMILES string of the molecule is COCCC(C)NCc1ccc([N+](=O)[O-])cc1Cl. The number of rotatable bonds is 7. The number of halogens is 1. The quantitative estimate of drug-likeness (QED) is 0.612. The predicted octanol–water partition coefficient (Wildman–Crippen LogP) is 2.76. The van der Waals surface area contributed by atoms with Crippen molar-refractivity contribution in [1.82, 2.24) is 5.32 Å². The Balaban J connectivity index is 2.55. The highest BCUT2D eigenvalue weighted by Gasteiger charge is 2.10. The van der Waals surface area contributed by atoms with E-state index in [0.29, 0.717) is 24.2 Å². The molecule has 0 heterocycles. The van der Waals surface area contributed by atoms with Gasteiger partial charge in [0.2, 0.25) is 0 Å². The number of nitrogens with one attached hydrogen (secondary N) is 1. The van der Waals surface area contributed by atoms with E-state index in [2.05, 4.69) is 12.2 Å². The van der Waals surface area contributed by atoms with Crippen LogP contribution in [-0.2, 0) is 11.3 Å². The molecule has 1 unspecified atom stereocenters. The molecule has 1 rings (SSSR count). The number of ether oxygens (including phenoxy) is 1. The van der Waals surface area contributed by atoms with Gasteiger partial charge in [-0.2, -0.15) is 0 Å². The van der Waals surface area contributed by atoms with Gasteiger partial charge in [-0.05, 0) is 25.0 Å². The van der Waals surface area contributed by atoms with Crippen LogP contribution >= 0.6 is 11.6 Å². The van der Waals surface area contributed by atoms with Crippen LogP contribution in [0.3, 0.4) is 0 Å². The summed E-state index contributed by atoms with van der Waals surface area (Å²) in [6.45, 7) is 3.34. The molecule has 0 aromatic heterocycles. The second kappa shape index (κ2) is 7.31. The third-order valence-corrected chi connectivity index (χ3v) is 3.00. The first kappa shape index (κ1) is 14.9. The summed E-state index contributed by atoms with van der Waals surface area (Å²) in [7, 11) is 1.67. The van der Waals surface area contributed by atoms with Crippen molar-refractivity contribution in [2.24, 2.45) is 0 Å². The van der Waals surface area contributed by atoms with Crippen molar-refractivity contribution in [3.05, 3.63) is 38.9 Å². The molecule has 100 valence electrons. The van der Waals surface area contributed by atoms with Crippen molar-refractivity contribution in [3.63, 3.8) is 0 Å². The number of methoxy groups -OCH3 is 1. The summed E-state index contributed by atoms with van der Waals surface area (Å²) in [6, 6.07) is 4.81. The molecule has 0 fully saturated rings. The smallest absolute Gasteiger partial charge is 0.270 e. The van der Waals surface area contributed by atoms with E-state index in [1.54, 1.807) is 13.2 Å². The summed E-state index contributed by atoms with van der Waals surface area (Å²) < 4.78 is 4.99. The van der Waals surface area contributed by atoms with Crippen LogP contribution in [0, 0.1) is 10.1 Å². The zero-order chi connectivity index (χ0) is 13.5. The van der Waals surface area contributed by atoms with Crippen molar-refractivity contribution < 1.29 is 9.66 Å². The van der Waals surface area contributed by atoms with Crippen LogP contribution in [0.5, 0.6) is 0 Å². The summed E-state index contributed by atoms with van der Waals surface area (Å²) in [5.74, 6) is 0. The topological polar surface area (TPSA) is 64.4 Å². The number of hydrogen-bond acceptors (Lipinski definition) is 4. The molecular formula is C12H17ClN2O3. The van der Waals surface area contributed by atoms with Crippen molar-refractivity contribution in [2.45, 2.75) is 25.9 Å². The first-order chi connectivity index (χ1) is 8.54. The number of benzene rings is 1. The second-order valence-electron chi connectivity index (χ2n) is 4.10. The first-order valence-electron chi connectivity index (χ1n) is 5.69. The van der Waals surface area contributed by atoms with Crippen LogP contribution in [0.2, 0.25) is 5.02 Å². The van der Waals surface area contributed by atoms with E-state index in [4.69, 9.17) is 16.3 Å². The van der Waals surface area contributed by atoms with Gasteiger partial charge in [0.1, 0.15) is 0 Å². The lowest BCUT2D eigenvalue weighted by atomic mass is 10.2. The lowest BCUT2D eigenvalue weighted by Gasteiger charge is -2.13. The number of hydrogen-bond donors (Lipinski definition) is 1. The number of nitro benzene ring substituents is 1. The molecule has 18 heavy (non-hydrogen) atoms. The Bertz CT molecular complexity index is 412. The maximum absolute atomic E-state index is 10.6. The summed E-state index contributed by atoms with van der Waals surface area (Å²) in [6.07, 6.45) is 0.904. The van der Waals surface area contributed by atoms with Gasteiger partial charge < -0.3 is 10.1 Å². The molecular weight excluding hydrogens is 256 g/mol. The van der Waals surface area contributed by atoms with Gasteiger partial charge in [0.25, 0.3) is 5.69 Å². The minimum atomic E-state index is -0.454. The Labute approximate surface area is 111 Å². The molecule has 5 nitrogen and oxygen atoms in total. The fourth-order valence-corrected chi connectivity index (χ4v) is 1.72. The van der Waals surface area contributed by atoms with Crippen LogP contribution in [0.25, 0.3) is 0 Å². The highest BCUT2D eigenvalue weighted by molar-refractivity contribution is 6.31.